The summed E-state index contributed by atoms with van der Waals surface area (Å²) in [7, 11) is 0. The Morgan fingerprint density at radius 3 is 2.62 bits per heavy atom. The average molecular weight is 258 g/mol. The molecule has 2 rings (SSSR count). The third-order valence-corrected chi connectivity index (χ3v) is 2.94. The van der Waals surface area contributed by atoms with Crippen LogP contribution in [0.4, 0.5) is 0 Å². The normalized spacial score (nSPS) is 10.8. The Morgan fingerprint density at radius 2 is 2.06 bits per heavy atom. The van der Waals surface area contributed by atoms with Crippen LogP contribution in [0.2, 0.25) is 10.0 Å². The Labute approximate surface area is 103 Å². The molecule has 1 aromatic heterocycles. The highest BCUT2D eigenvalue weighted by Gasteiger charge is 2.11. The number of aryl methyl sites for hydroxylation is 1. The molecule has 0 amide bonds. The van der Waals surface area contributed by atoms with E-state index in [-0.39, 0.29) is 6.61 Å². The van der Waals surface area contributed by atoms with Gasteiger partial charge in [0.15, 0.2) is 5.76 Å². The molecule has 0 fully saturated rings. The van der Waals surface area contributed by atoms with Crippen molar-refractivity contribution in [2.45, 2.75) is 13.5 Å². The lowest BCUT2D eigenvalue weighted by atomic mass is 10.2. The van der Waals surface area contributed by atoms with E-state index in [9.17, 15) is 0 Å². The molecule has 1 heterocycles. The van der Waals surface area contributed by atoms with Crippen LogP contribution in [0.5, 0.6) is 0 Å². The molecule has 0 saturated carbocycles. The van der Waals surface area contributed by atoms with Gasteiger partial charge in [0.2, 0.25) is 5.89 Å². The van der Waals surface area contributed by atoms with Crippen molar-refractivity contribution >= 4 is 23.2 Å². The van der Waals surface area contributed by atoms with Crippen LogP contribution in [-0.4, -0.2) is 10.1 Å². The first-order valence-corrected chi connectivity index (χ1v) is 5.40. The maximum atomic E-state index is 9.00. The lowest BCUT2D eigenvalue weighted by Gasteiger charge is -1.98. The quantitative estimate of drug-likeness (QED) is 0.897. The highest BCUT2D eigenvalue weighted by Crippen LogP contribution is 2.29. The van der Waals surface area contributed by atoms with Gasteiger partial charge in [-0.15, -0.1) is 0 Å². The Bertz CT molecular complexity index is 523. The fraction of sp³-hybridized carbons (Fsp3) is 0.182. The van der Waals surface area contributed by atoms with Gasteiger partial charge in [-0.1, -0.05) is 23.2 Å². The number of oxazole rings is 1. The largest absolute Gasteiger partial charge is 0.438 e. The number of hydrogen-bond donors (Lipinski definition) is 1. The molecule has 0 bridgehead atoms. The molecule has 0 saturated heterocycles. The SMILES string of the molecule is Cc1nc(-c2ccc(Cl)c(Cl)c2)oc1CO. The number of aromatic nitrogens is 1. The second kappa shape index (κ2) is 4.45. The molecule has 0 unspecified atom stereocenters. The first-order valence-electron chi connectivity index (χ1n) is 4.64. The molecule has 84 valence electrons. The van der Waals surface area contributed by atoms with E-state index in [1.54, 1.807) is 25.1 Å². The van der Waals surface area contributed by atoms with Gasteiger partial charge in [-0.2, -0.15) is 0 Å². The second-order valence-electron chi connectivity index (χ2n) is 3.31. The van der Waals surface area contributed by atoms with E-state index in [1.165, 1.54) is 0 Å². The van der Waals surface area contributed by atoms with Crippen molar-refractivity contribution in [1.82, 2.24) is 4.98 Å². The van der Waals surface area contributed by atoms with Crippen LogP contribution in [0.3, 0.4) is 0 Å². The van der Waals surface area contributed by atoms with Crippen LogP contribution in [0.25, 0.3) is 11.5 Å². The molecule has 1 N–H and O–H groups in total. The molecule has 0 atom stereocenters. The summed E-state index contributed by atoms with van der Waals surface area (Å²) in [5.74, 6) is 0.890. The zero-order chi connectivity index (χ0) is 11.7. The maximum absolute atomic E-state index is 9.00. The number of halogens is 2. The van der Waals surface area contributed by atoms with Crippen LogP contribution in [0, 0.1) is 6.92 Å². The summed E-state index contributed by atoms with van der Waals surface area (Å²) < 4.78 is 5.38. The number of nitrogens with zero attached hydrogens (tertiary/aromatic N) is 1. The van der Waals surface area contributed by atoms with Crippen LogP contribution >= 0.6 is 23.2 Å². The van der Waals surface area contributed by atoms with Crippen molar-refractivity contribution in [1.29, 1.82) is 0 Å². The lowest BCUT2D eigenvalue weighted by molar-refractivity contribution is 0.247. The molecule has 0 aliphatic rings. The van der Waals surface area contributed by atoms with E-state index < -0.39 is 0 Å². The topological polar surface area (TPSA) is 46.3 Å². The Balaban J connectivity index is 2.46. The van der Waals surface area contributed by atoms with E-state index in [1.807, 2.05) is 0 Å². The van der Waals surface area contributed by atoms with Gasteiger partial charge in [-0.05, 0) is 25.1 Å². The molecule has 0 spiro atoms. The minimum Gasteiger partial charge on any atom is -0.438 e. The molecule has 0 aliphatic heterocycles. The fourth-order valence-electron chi connectivity index (χ4n) is 1.33. The summed E-state index contributed by atoms with van der Waals surface area (Å²) in [6.45, 7) is 1.61. The van der Waals surface area contributed by atoms with Crippen molar-refractivity contribution in [2.75, 3.05) is 0 Å². The van der Waals surface area contributed by atoms with Crippen LogP contribution in [0.15, 0.2) is 22.6 Å². The fourth-order valence-corrected chi connectivity index (χ4v) is 1.63. The van der Waals surface area contributed by atoms with E-state index >= 15 is 0 Å². The first-order chi connectivity index (χ1) is 7.61. The Morgan fingerprint density at radius 1 is 1.31 bits per heavy atom. The zero-order valence-corrected chi connectivity index (χ0v) is 10.0. The van der Waals surface area contributed by atoms with Crippen LogP contribution < -0.4 is 0 Å². The minimum absolute atomic E-state index is 0.167. The first kappa shape index (κ1) is 11.5. The van der Waals surface area contributed by atoms with Crippen molar-refractivity contribution < 1.29 is 9.52 Å². The molecule has 1 aromatic carbocycles. The Hall–Kier alpha value is -1.03. The summed E-state index contributed by atoms with van der Waals surface area (Å²) in [5.41, 5.74) is 1.40. The van der Waals surface area contributed by atoms with Gasteiger partial charge in [-0.25, -0.2) is 4.98 Å². The highest BCUT2D eigenvalue weighted by molar-refractivity contribution is 6.42. The predicted octanol–water partition coefficient (Wildman–Crippen LogP) is 3.45. The summed E-state index contributed by atoms with van der Waals surface area (Å²) in [4.78, 5) is 4.19. The van der Waals surface area contributed by atoms with Crippen molar-refractivity contribution in [2.24, 2.45) is 0 Å². The van der Waals surface area contributed by atoms with E-state index in [2.05, 4.69) is 4.98 Å². The third kappa shape index (κ3) is 2.07. The van der Waals surface area contributed by atoms with Gasteiger partial charge in [0.05, 0.1) is 15.7 Å². The number of aliphatic hydroxyl groups is 1. The van der Waals surface area contributed by atoms with E-state index in [0.29, 0.717) is 27.4 Å². The minimum atomic E-state index is -0.167. The van der Waals surface area contributed by atoms with Gasteiger partial charge >= 0.3 is 0 Å². The standard InChI is InChI=1S/C11H9Cl2NO2/c1-6-10(5-15)16-11(14-6)7-2-3-8(12)9(13)4-7/h2-4,15H,5H2,1H3. The molecule has 2 aromatic rings. The van der Waals surface area contributed by atoms with E-state index in [4.69, 9.17) is 32.7 Å². The lowest BCUT2D eigenvalue weighted by Crippen LogP contribution is -1.81. The number of aliphatic hydroxyl groups excluding tert-OH is 1. The molecule has 3 nitrogen and oxygen atoms in total. The monoisotopic (exact) mass is 257 g/mol. The van der Waals surface area contributed by atoms with Crippen LogP contribution in [0.1, 0.15) is 11.5 Å². The molecular weight excluding hydrogens is 249 g/mol. The number of hydrogen-bond acceptors (Lipinski definition) is 3. The summed E-state index contributed by atoms with van der Waals surface area (Å²) in [6.07, 6.45) is 0. The van der Waals surface area contributed by atoms with Crippen molar-refractivity contribution in [3.05, 3.63) is 39.7 Å². The second-order valence-corrected chi connectivity index (χ2v) is 4.13. The summed E-state index contributed by atoms with van der Waals surface area (Å²) in [6, 6.07) is 5.12. The Kier molecular flexibility index (Phi) is 3.19. The number of rotatable bonds is 2. The third-order valence-electron chi connectivity index (χ3n) is 2.20. The van der Waals surface area contributed by atoms with E-state index in [0.717, 1.165) is 5.56 Å². The molecular formula is C11H9Cl2NO2. The summed E-state index contributed by atoms with van der Waals surface area (Å²) in [5, 5.41) is 9.92. The number of benzene rings is 1. The maximum Gasteiger partial charge on any atom is 0.226 e. The molecule has 5 heteroatoms. The van der Waals surface area contributed by atoms with Gasteiger partial charge < -0.3 is 9.52 Å². The van der Waals surface area contributed by atoms with Gasteiger partial charge in [0, 0.05) is 5.56 Å². The molecule has 0 aliphatic carbocycles. The van der Waals surface area contributed by atoms with Gasteiger partial charge in [-0.3, -0.25) is 0 Å². The predicted molar refractivity (Wildman–Crippen MR) is 62.6 cm³/mol. The highest BCUT2D eigenvalue weighted by atomic mass is 35.5. The van der Waals surface area contributed by atoms with Gasteiger partial charge in [0.25, 0.3) is 0 Å². The van der Waals surface area contributed by atoms with Gasteiger partial charge in [0.1, 0.15) is 6.61 Å². The van der Waals surface area contributed by atoms with Crippen LogP contribution in [-0.2, 0) is 6.61 Å². The van der Waals surface area contributed by atoms with Crippen molar-refractivity contribution in [3.8, 4) is 11.5 Å². The smallest absolute Gasteiger partial charge is 0.226 e. The summed E-state index contributed by atoms with van der Waals surface area (Å²) >= 11 is 11.7. The average Bonchev–Trinajstić information content (AvgIpc) is 2.64. The van der Waals surface area contributed by atoms with Crippen molar-refractivity contribution in [3.63, 3.8) is 0 Å². The molecule has 0 radical (unpaired) electrons. The zero-order valence-electron chi connectivity index (χ0n) is 8.50. The molecule has 16 heavy (non-hydrogen) atoms.